The summed E-state index contributed by atoms with van der Waals surface area (Å²) < 4.78 is 0. The number of halogens is 3. The fraction of sp³-hybridized carbons (Fsp3) is 0.462. The van der Waals surface area contributed by atoms with Crippen molar-refractivity contribution in [2.75, 3.05) is 37.9 Å². The lowest BCUT2D eigenvalue weighted by Crippen LogP contribution is -2.29. The van der Waals surface area contributed by atoms with Gasteiger partial charge in [-0.25, -0.2) is 0 Å². The van der Waals surface area contributed by atoms with Crippen LogP contribution in [0.15, 0.2) is 18.2 Å². The summed E-state index contributed by atoms with van der Waals surface area (Å²) in [6.07, 6.45) is 0. The molecule has 1 aromatic carbocycles. The highest BCUT2D eigenvalue weighted by Crippen LogP contribution is 2.32. The van der Waals surface area contributed by atoms with E-state index in [1.165, 1.54) is 0 Å². The summed E-state index contributed by atoms with van der Waals surface area (Å²) in [7, 11) is 5.62. The lowest BCUT2D eigenvalue weighted by molar-refractivity contribution is -0.119. The van der Waals surface area contributed by atoms with Crippen molar-refractivity contribution in [1.82, 2.24) is 5.32 Å². The van der Waals surface area contributed by atoms with E-state index in [0.29, 0.717) is 11.6 Å². The third-order valence-corrected chi connectivity index (χ3v) is 2.95. The summed E-state index contributed by atoms with van der Waals surface area (Å²) in [5.74, 6) is -0.112. The van der Waals surface area contributed by atoms with E-state index in [2.05, 4.69) is 10.6 Å². The van der Waals surface area contributed by atoms with Crippen molar-refractivity contribution in [2.24, 2.45) is 5.92 Å². The average molecular weight is 343 g/mol. The molecule has 0 saturated carbocycles. The molecule has 1 rings (SSSR count). The van der Waals surface area contributed by atoms with Crippen molar-refractivity contribution in [2.45, 2.75) is 6.92 Å². The molecule has 2 N–H and O–H groups in total. The Balaban J connectivity index is 0. The number of hydrogen-bond donors (Lipinski definition) is 2. The zero-order chi connectivity index (χ0) is 13.7. The molecule has 116 valence electrons. The Hall–Kier alpha value is -0.680. The highest BCUT2D eigenvalue weighted by atomic mass is 35.5. The van der Waals surface area contributed by atoms with Crippen LogP contribution in [0.25, 0.3) is 0 Å². The number of nitrogens with zero attached hydrogens (tertiary/aromatic N) is 1. The summed E-state index contributed by atoms with van der Waals surface area (Å²) >= 11 is 6.14. The van der Waals surface area contributed by atoms with Crippen LogP contribution in [0, 0.1) is 5.92 Å². The molecule has 0 spiro atoms. The number of rotatable bonds is 5. The van der Waals surface area contributed by atoms with Crippen molar-refractivity contribution < 1.29 is 4.79 Å². The molecule has 1 atom stereocenters. The van der Waals surface area contributed by atoms with Crippen molar-refractivity contribution in [3.05, 3.63) is 23.2 Å². The fourth-order valence-electron chi connectivity index (χ4n) is 1.73. The van der Waals surface area contributed by atoms with Gasteiger partial charge in [-0.2, -0.15) is 0 Å². The van der Waals surface area contributed by atoms with Crippen LogP contribution < -0.4 is 15.5 Å². The van der Waals surface area contributed by atoms with Crippen LogP contribution in [-0.2, 0) is 4.79 Å². The highest BCUT2D eigenvalue weighted by Gasteiger charge is 2.15. The van der Waals surface area contributed by atoms with Gasteiger partial charge in [0.05, 0.1) is 16.4 Å². The Morgan fingerprint density at radius 1 is 1.35 bits per heavy atom. The molecule has 0 aliphatic rings. The number of para-hydroxylation sites is 1. The second-order valence-corrected chi connectivity index (χ2v) is 4.89. The first kappa shape index (κ1) is 21.6. The first-order valence-corrected chi connectivity index (χ1v) is 6.26. The van der Waals surface area contributed by atoms with E-state index in [0.717, 1.165) is 11.4 Å². The Labute approximate surface area is 138 Å². The minimum atomic E-state index is -0.0935. The van der Waals surface area contributed by atoms with Gasteiger partial charge in [0.2, 0.25) is 5.91 Å². The van der Waals surface area contributed by atoms with Crippen LogP contribution in [0.1, 0.15) is 6.92 Å². The van der Waals surface area contributed by atoms with Gasteiger partial charge in [0.15, 0.2) is 0 Å². The largest absolute Gasteiger partial charge is 0.375 e. The molecule has 1 unspecified atom stereocenters. The summed E-state index contributed by atoms with van der Waals surface area (Å²) in [4.78, 5) is 13.9. The van der Waals surface area contributed by atoms with Crippen molar-refractivity contribution in [1.29, 1.82) is 0 Å². The van der Waals surface area contributed by atoms with Gasteiger partial charge in [0.25, 0.3) is 0 Å². The Morgan fingerprint density at radius 2 is 1.95 bits per heavy atom. The number of carbonyl (C=O) groups excluding carboxylic acids is 1. The van der Waals surface area contributed by atoms with E-state index >= 15 is 0 Å². The van der Waals surface area contributed by atoms with Gasteiger partial charge in [-0.05, 0) is 19.2 Å². The first-order chi connectivity index (χ1) is 8.47. The van der Waals surface area contributed by atoms with Gasteiger partial charge in [0.1, 0.15) is 0 Å². The standard InChI is InChI=1S/C13H20ClN3O.2ClH/c1-9(8-15-2)13(18)16-11-7-5-6-10(14)12(11)17(3)4;;/h5-7,9,15H,8H2,1-4H3,(H,16,18);2*1H. The molecule has 1 aromatic rings. The monoisotopic (exact) mass is 341 g/mol. The van der Waals surface area contributed by atoms with Gasteiger partial charge in [-0.15, -0.1) is 24.8 Å². The number of benzene rings is 1. The van der Waals surface area contributed by atoms with Crippen LogP contribution in [0.3, 0.4) is 0 Å². The third kappa shape index (κ3) is 5.75. The Kier molecular flexibility index (Phi) is 10.9. The second kappa shape index (κ2) is 10.1. The minimum absolute atomic E-state index is 0. The first-order valence-electron chi connectivity index (χ1n) is 5.88. The molecule has 20 heavy (non-hydrogen) atoms. The zero-order valence-corrected chi connectivity index (χ0v) is 14.5. The summed E-state index contributed by atoms with van der Waals surface area (Å²) in [5, 5.41) is 6.52. The van der Waals surface area contributed by atoms with Crippen LogP contribution in [0.5, 0.6) is 0 Å². The normalized spacial score (nSPS) is 10.8. The minimum Gasteiger partial charge on any atom is -0.375 e. The second-order valence-electron chi connectivity index (χ2n) is 4.48. The molecule has 0 heterocycles. The number of carbonyl (C=O) groups is 1. The fourth-order valence-corrected chi connectivity index (χ4v) is 2.07. The van der Waals surface area contributed by atoms with Crippen LogP contribution in [-0.4, -0.2) is 33.6 Å². The summed E-state index contributed by atoms with van der Waals surface area (Å²) in [6, 6.07) is 5.49. The lowest BCUT2D eigenvalue weighted by Gasteiger charge is -2.20. The highest BCUT2D eigenvalue weighted by molar-refractivity contribution is 6.34. The van der Waals surface area contributed by atoms with Crippen LogP contribution in [0.2, 0.25) is 5.02 Å². The zero-order valence-electron chi connectivity index (χ0n) is 12.1. The Morgan fingerprint density at radius 3 is 2.45 bits per heavy atom. The molecular weight excluding hydrogens is 321 g/mol. The van der Waals surface area contributed by atoms with Gasteiger partial charge in [-0.1, -0.05) is 24.6 Å². The maximum absolute atomic E-state index is 12.0. The molecule has 0 radical (unpaired) electrons. The number of nitrogens with one attached hydrogen (secondary N) is 2. The lowest BCUT2D eigenvalue weighted by atomic mass is 10.1. The molecule has 0 aliphatic heterocycles. The molecule has 4 nitrogen and oxygen atoms in total. The van der Waals surface area contributed by atoms with Gasteiger partial charge in [-0.3, -0.25) is 4.79 Å². The molecule has 0 bridgehead atoms. The van der Waals surface area contributed by atoms with Crippen LogP contribution >= 0.6 is 36.4 Å². The smallest absolute Gasteiger partial charge is 0.228 e. The van der Waals surface area contributed by atoms with E-state index < -0.39 is 0 Å². The van der Waals surface area contributed by atoms with Gasteiger partial charge in [0, 0.05) is 26.6 Å². The third-order valence-electron chi connectivity index (χ3n) is 2.65. The van der Waals surface area contributed by atoms with Gasteiger partial charge >= 0.3 is 0 Å². The van der Waals surface area contributed by atoms with Crippen LogP contribution in [0.4, 0.5) is 11.4 Å². The summed E-state index contributed by atoms with van der Waals surface area (Å²) in [6.45, 7) is 2.52. The predicted molar refractivity (Wildman–Crippen MR) is 92.0 cm³/mol. The molecule has 0 aliphatic carbocycles. The van der Waals surface area contributed by atoms with E-state index in [9.17, 15) is 4.79 Å². The van der Waals surface area contributed by atoms with Crippen molar-refractivity contribution >= 4 is 53.7 Å². The molecule has 0 fully saturated rings. The molecule has 7 heteroatoms. The Bertz CT molecular complexity index is 427. The SMILES string of the molecule is CNCC(C)C(=O)Nc1cccc(Cl)c1N(C)C.Cl.Cl. The maximum atomic E-state index is 12.0. The molecule has 1 amide bonds. The van der Waals surface area contributed by atoms with E-state index in [1.807, 2.05) is 51.2 Å². The predicted octanol–water partition coefficient (Wildman–Crippen LogP) is 3.04. The quantitative estimate of drug-likeness (QED) is 0.864. The number of amides is 1. The summed E-state index contributed by atoms with van der Waals surface area (Å²) in [5.41, 5.74) is 1.56. The van der Waals surface area contributed by atoms with E-state index in [1.54, 1.807) is 0 Å². The molecule has 0 saturated heterocycles. The molecular formula is C13H22Cl3N3O. The topological polar surface area (TPSA) is 44.4 Å². The van der Waals surface area contributed by atoms with Crippen molar-refractivity contribution in [3.8, 4) is 0 Å². The van der Waals surface area contributed by atoms with Gasteiger partial charge < -0.3 is 15.5 Å². The average Bonchev–Trinajstić information content (AvgIpc) is 2.28. The number of anilines is 2. The molecule has 0 aromatic heterocycles. The van der Waals surface area contributed by atoms with E-state index in [-0.39, 0.29) is 36.6 Å². The maximum Gasteiger partial charge on any atom is 0.228 e. The number of hydrogen-bond acceptors (Lipinski definition) is 3. The van der Waals surface area contributed by atoms with Crippen molar-refractivity contribution in [3.63, 3.8) is 0 Å². The van der Waals surface area contributed by atoms with E-state index in [4.69, 9.17) is 11.6 Å².